The zero-order valence-electron chi connectivity index (χ0n) is 10.5. The van der Waals surface area contributed by atoms with Gasteiger partial charge in [0.1, 0.15) is 0 Å². The molecule has 0 aliphatic carbocycles. The average Bonchev–Trinajstić information content (AvgIpc) is 2.96. The first-order valence-electron chi connectivity index (χ1n) is 6.04. The Bertz CT molecular complexity index is 665. The SMILES string of the molecule is CC(Nc1ccc2[nH]ccc2c1)c1cnn(C)c1. The van der Waals surface area contributed by atoms with Crippen molar-refractivity contribution in [3.05, 3.63) is 48.4 Å². The van der Waals surface area contributed by atoms with Gasteiger partial charge in [0.15, 0.2) is 0 Å². The number of nitrogens with one attached hydrogen (secondary N) is 2. The van der Waals surface area contributed by atoms with E-state index in [9.17, 15) is 0 Å². The Hall–Kier alpha value is -2.23. The van der Waals surface area contributed by atoms with Crippen LogP contribution < -0.4 is 5.32 Å². The molecule has 1 aromatic carbocycles. The Kier molecular flexibility index (Phi) is 2.55. The van der Waals surface area contributed by atoms with Crippen molar-refractivity contribution < 1.29 is 0 Å². The van der Waals surface area contributed by atoms with E-state index in [4.69, 9.17) is 0 Å². The van der Waals surface area contributed by atoms with E-state index in [1.54, 1.807) is 0 Å². The number of aromatic nitrogens is 3. The molecule has 4 nitrogen and oxygen atoms in total. The molecule has 92 valence electrons. The van der Waals surface area contributed by atoms with E-state index in [1.807, 2.05) is 30.3 Å². The third-order valence-corrected chi connectivity index (χ3v) is 3.16. The minimum atomic E-state index is 0.245. The van der Waals surface area contributed by atoms with Crippen LogP contribution in [0.15, 0.2) is 42.9 Å². The lowest BCUT2D eigenvalue weighted by Crippen LogP contribution is -2.05. The number of nitrogens with zero attached hydrogens (tertiary/aromatic N) is 2. The summed E-state index contributed by atoms with van der Waals surface area (Å²) in [6.07, 6.45) is 5.89. The fraction of sp³-hybridized carbons (Fsp3) is 0.214. The summed E-state index contributed by atoms with van der Waals surface area (Å²) in [5.74, 6) is 0. The first-order valence-corrected chi connectivity index (χ1v) is 6.04. The summed E-state index contributed by atoms with van der Waals surface area (Å²) in [7, 11) is 1.93. The molecule has 0 amide bonds. The maximum atomic E-state index is 4.19. The quantitative estimate of drug-likeness (QED) is 0.739. The molecule has 0 spiro atoms. The zero-order chi connectivity index (χ0) is 12.5. The third-order valence-electron chi connectivity index (χ3n) is 3.16. The van der Waals surface area contributed by atoms with Gasteiger partial charge in [0.05, 0.1) is 12.2 Å². The van der Waals surface area contributed by atoms with Gasteiger partial charge in [0.2, 0.25) is 0 Å². The lowest BCUT2D eigenvalue weighted by molar-refractivity contribution is 0.765. The number of aromatic amines is 1. The summed E-state index contributed by atoms with van der Waals surface area (Å²) in [6.45, 7) is 2.14. The van der Waals surface area contributed by atoms with E-state index in [2.05, 4.69) is 46.6 Å². The van der Waals surface area contributed by atoms with Crippen molar-refractivity contribution >= 4 is 16.6 Å². The second-order valence-corrected chi connectivity index (χ2v) is 4.59. The van der Waals surface area contributed by atoms with Gasteiger partial charge in [-0.2, -0.15) is 5.10 Å². The predicted octanol–water partition coefficient (Wildman–Crippen LogP) is 3.07. The number of rotatable bonds is 3. The summed E-state index contributed by atoms with van der Waals surface area (Å²) in [4.78, 5) is 3.19. The Morgan fingerprint density at radius 2 is 2.22 bits per heavy atom. The molecule has 2 aromatic heterocycles. The van der Waals surface area contributed by atoms with Crippen molar-refractivity contribution in [2.45, 2.75) is 13.0 Å². The highest BCUT2D eigenvalue weighted by molar-refractivity contribution is 5.83. The van der Waals surface area contributed by atoms with Crippen molar-refractivity contribution in [2.24, 2.45) is 7.05 Å². The van der Waals surface area contributed by atoms with Crippen LogP contribution >= 0.6 is 0 Å². The van der Waals surface area contributed by atoms with E-state index in [-0.39, 0.29) is 6.04 Å². The maximum Gasteiger partial charge on any atom is 0.0542 e. The largest absolute Gasteiger partial charge is 0.378 e. The molecule has 0 aliphatic heterocycles. The van der Waals surface area contributed by atoms with Crippen LogP contribution in [-0.4, -0.2) is 14.8 Å². The zero-order valence-corrected chi connectivity index (χ0v) is 10.5. The topological polar surface area (TPSA) is 45.6 Å². The van der Waals surface area contributed by atoms with Gasteiger partial charge in [-0.05, 0) is 31.2 Å². The van der Waals surface area contributed by atoms with Crippen molar-refractivity contribution in [1.29, 1.82) is 0 Å². The third kappa shape index (κ3) is 1.97. The molecule has 2 heterocycles. The van der Waals surface area contributed by atoms with Gasteiger partial charge in [0.25, 0.3) is 0 Å². The molecule has 4 heteroatoms. The number of fused-ring (bicyclic) bond motifs is 1. The summed E-state index contributed by atoms with van der Waals surface area (Å²) >= 11 is 0. The van der Waals surface area contributed by atoms with Gasteiger partial charge in [-0.1, -0.05) is 0 Å². The lowest BCUT2D eigenvalue weighted by Gasteiger charge is -2.13. The minimum absolute atomic E-state index is 0.245. The molecule has 18 heavy (non-hydrogen) atoms. The van der Waals surface area contributed by atoms with Gasteiger partial charge in [-0.15, -0.1) is 0 Å². The van der Waals surface area contributed by atoms with E-state index < -0.39 is 0 Å². The van der Waals surface area contributed by atoms with Gasteiger partial charge < -0.3 is 10.3 Å². The summed E-state index contributed by atoms with van der Waals surface area (Å²) in [6, 6.07) is 8.66. The highest BCUT2D eigenvalue weighted by Gasteiger charge is 2.07. The van der Waals surface area contributed by atoms with Crippen LogP contribution in [0.25, 0.3) is 10.9 Å². The van der Waals surface area contributed by atoms with Crippen molar-refractivity contribution in [3.63, 3.8) is 0 Å². The fourth-order valence-corrected chi connectivity index (χ4v) is 2.14. The number of H-pyrrole nitrogens is 1. The molecule has 2 N–H and O–H groups in total. The smallest absolute Gasteiger partial charge is 0.0542 e. The van der Waals surface area contributed by atoms with Crippen molar-refractivity contribution in [2.75, 3.05) is 5.32 Å². The van der Waals surface area contributed by atoms with E-state index in [0.717, 1.165) is 11.2 Å². The maximum absolute atomic E-state index is 4.19. The monoisotopic (exact) mass is 240 g/mol. The highest BCUT2D eigenvalue weighted by atomic mass is 15.2. The van der Waals surface area contributed by atoms with Crippen LogP contribution in [0.1, 0.15) is 18.5 Å². The molecule has 0 fully saturated rings. The van der Waals surface area contributed by atoms with Gasteiger partial charge >= 0.3 is 0 Å². The molecule has 3 aromatic rings. The summed E-state index contributed by atoms with van der Waals surface area (Å²) < 4.78 is 1.82. The van der Waals surface area contributed by atoms with Crippen LogP contribution in [0.2, 0.25) is 0 Å². The Balaban J connectivity index is 1.83. The van der Waals surface area contributed by atoms with Crippen LogP contribution in [0.3, 0.4) is 0 Å². The normalized spacial score (nSPS) is 12.8. The van der Waals surface area contributed by atoms with Crippen LogP contribution in [0.5, 0.6) is 0 Å². The molecule has 0 saturated heterocycles. The molecular weight excluding hydrogens is 224 g/mol. The molecule has 0 saturated carbocycles. The van der Waals surface area contributed by atoms with Gasteiger partial charge in [-0.25, -0.2) is 0 Å². The highest BCUT2D eigenvalue weighted by Crippen LogP contribution is 2.22. The Labute approximate surface area is 106 Å². The molecular formula is C14H16N4. The first kappa shape index (κ1) is 10.9. The number of hydrogen-bond acceptors (Lipinski definition) is 2. The van der Waals surface area contributed by atoms with Gasteiger partial charge in [0, 0.05) is 41.6 Å². The lowest BCUT2D eigenvalue weighted by atomic mass is 10.1. The summed E-state index contributed by atoms with van der Waals surface area (Å²) in [5, 5.41) is 8.90. The molecule has 1 atom stereocenters. The molecule has 0 radical (unpaired) electrons. The Morgan fingerprint density at radius 1 is 1.33 bits per heavy atom. The minimum Gasteiger partial charge on any atom is -0.378 e. The molecule has 1 unspecified atom stereocenters. The first-order chi connectivity index (χ1) is 8.72. The van der Waals surface area contributed by atoms with Crippen molar-refractivity contribution in [1.82, 2.24) is 14.8 Å². The van der Waals surface area contributed by atoms with Crippen LogP contribution in [-0.2, 0) is 7.05 Å². The fourth-order valence-electron chi connectivity index (χ4n) is 2.14. The average molecular weight is 240 g/mol. The second-order valence-electron chi connectivity index (χ2n) is 4.59. The Morgan fingerprint density at radius 3 is 3.00 bits per heavy atom. The second kappa shape index (κ2) is 4.22. The predicted molar refractivity (Wildman–Crippen MR) is 73.5 cm³/mol. The van der Waals surface area contributed by atoms with E-state index in [1.165, 1.54) is 10.9 Å². The molecule has 0 aliphatic rings. The van der Waals surface area contributed by atoms with Crippen LogP contribution in [0, 0.1) is 0 Å². The number of benzene rings is 1. The number of hydrogen-bond donors (Lipinski definition) is 2. The molecule has 3 rings (SSSR count). The number of aryl methyl sites for hydroxylation is 1. The van der Waals surface area contributed by atoms with E-state index in [0.29, 0.717) is 0 Å². The number of anilines is 1. The van der Waals surface area contributed by atoms with E-state index >= 15 is 0 Å². The standard InChI is InChI=1S/C14H16N4/c1-10(12-8-16-18(2)9-12)17-13-3-4-14-11(7-13)5-6-15-14/h3-10,15,17H,1-2H3. The summed E-state index contributed by atoms with van der Waals surface area (Å²) in [5.41, 5.74) is 3.47. The van der Waals surface area contributed by atoms with Gasteiger partial charge in [-0.3, -0.25) is 4.68 Å². The van der Waals surface area contributed by atoms with Crippen LogP contribution in [0.4, 0.5) is 5.69 Å². The molecule has 0 bridgehead atoms. The van der Waals surface area contributed by atoms with Crippen molar-refractivity contribution in [3.8, 4) is 0 Å².